The first-order valence-corrected chi connectivity index (χ1v) is 8.59. The van der Waals surface area contributed by atoms with Crippen molar-refractivity contribution in [3.05, 3.63) is 53.1 Å². The smallest absolute Gasteiger partial charge is 0.257 e. The van der Waals surface area contributed by atoms with Crippen LogP contribution in [0.15, 0.2) is 30.5 Å². The summed E-state index contributed by atoms with van der Waals surface area (Å²) in [6, 6.07) is 6.44. The van der Waals surface area contributed by atoms with E-state index in [4.69, 9.17) is 0 Å². The lowest BCUT2D eigenvalue weighted by molar-refractivity contribution is 0.0633. The van der Waals surface area contributed by atoms with Gasteiger partial charge in [0.2, 0.25) is 0 Å². The molecule has 1 aliphatic rings. The molecule has 1 atom stereocenters. The van der Waals surface area contributed by atoms with Crippen molar-refractivity contribution in [2.45, 2.75) is 38.7 Å². The van der Waals surface area contributed by atoms with Gasteiger partial charge in [0.15, 0.2) is 0 Å². The van der Waals surface area contributed by atoms with Crippen LogP contribution < -0.4 is 0 Å². The van der Waals surface area contributed by atoms with Crippen LogP contribution in [0.3, 0.4) is 0 Å². The number of amides is 1. The van der Waals surface area contributed by atoms with Crippen LogP contribution in [-0.2, 0) is 0 Å². The van der Waals surface area contributed by atoms with Gasteiger partial charge in [0, 0.05) is 18.7 Å². The highest BCUT2D eigenvalue weighted by molar-refractivity contribution is 5.95. The van der Waals surface area contributed by atoms with E-state index in [1.165, 1.54) is 6.07 Å². The normalized spacial score (nSPS) is 15.0. The maximum atomic E-state index is 12.8. The molecule has 2 N–H and O–H groups in total. The van der Waals surface area contributed by atoms with Gasteiger partial charge in [-0.25, -0.2) is 9.97 Å². The Hall–Kier alpha value is -2.47. The minimum absolute atomic E-state index is 0.0887. The van der Waals surface area contributed by atoms with Gasteiger partial charge in [-0.2, -0.15) is 0 Å². The van der Waals surface area contributed by atoms with Crippen LogP contribution in [0.4, 0.5) is 0 Å². The molecule has 0 unspecified atom stereocenters. The third kappa shape index (κ3) is 3.96. The number of nitrogens with zero attached hydrogens (tertiary/aromatic N) is 3. The minimum Gasteiger partial charge on any atom is -0.508 e. The summed E-state index contributed by atoms with van der Waals surface area (Å²) in [6.07, 6.45) is 2.96. The van der Waals surface area contributed by atoms with Crippen LogP contribution in [0.5, 0.6) is 5.75 Å². The van der Waals surface area contributed by atoms with Crippen LogP contribution >= 0.6 is 0 Å². The molecule has 1 heterocycles. The summed E-state index contributed by atoms with van der Waals surface area (Å²) >= 11 is 0. The van der Waals surface area contributed by atoms with Crippen LogP contribution in [0, 0.1) is 6.92 Å². The molecule has 1 amide bonds. The molecule has 1 fully saturated rings. The highest BCUT2D eigenvalue weighted by Crippen LogP contribution is 2.38. The number of aliphatic hydroxyl groups excluding tert-OH is 1. The van der Waals surface area contributed by atoms with E-state index >= 15 is 0 Å². The molecule has 0 radical (unpaired) electrons. The van der Waals surface area contributed by atoms with Crippen molar-refractivity contribution in [3.63, 3.8) is 0 Å². The standard InChI is InChI=1S/C19H23N3O3/c1-3-22(11-17(24)14-5-4-6-15(23)9-14)19(25)16-10-20-18(13-7-8-13)21-12(16)2/h4-6,9-10,13,17,23-24H,3,7-8,11H2,1-2H3/t17-/m0/s1. The number of aromatic nitrogens is 2. The number of phenolic OH excluding ortho intramolecular Hbond substituents is 1. The fraction of sp³-hybridized carbons (Fsp3) is 0.421. The maximum Gasteiger partial charge on any atom is 0.257 e. The number of hydrogen-bond acceptors (Lipinski definition) is 5. The molecule has 6 nitrogen and oxygen atoms in total. The number of benzene rings is 1. The highest BCUT2D eigenvalue weighted by Gasteiger charge is 2.28. The number of phenols is 1. The quantitative estimate of drug-likeness (QED) is 0.843. The van der Waals surface area contributed by atoms with Gasteiger partial charge in [0.25, 0.3) is 5.91 Å². The van der Waals surface area contributed by atoms with Crippen molar-refractivity contribution in [2.75, 3.05) is 13.1 Å². The molecule has 2 aromatic rings. The van der Waals surface area contributed by atoms with Crippen molar-refractivity contribution in [1.29, 1.82) is 0 Å². The summed E-state index contributed by atoms with van der Waals surface area (Å²) in [5.74, 6) is 1.15. The van der Waals surface area contributed by atoms with Gasteiger partial charge in [-0.1, -0.05) is 12.1 Å². The number of carbonyl (C=O) groups is 1. The summed E-state index contributed by atoms with van der Waals surface area (Å²) in [7, 11) is 0. The second-order valence-electron chi connectivity index (χ2n) is 6.46. The van der Waals surface area contributed by atoms with E-state index in [0.29, 0.717) is 29.3 Å². The molecule has 1 aromatic heterocycles. The number of aromatic hydroxyl groups is 1. The van der Waals surface area contributed by atoms with Crippen molar-refractivity contribution >= 4 is 5.91 Å². The summed E-state index contributed by atoms with van der Waals surface area (Å²) < 4.78 is 0. The van der Waals surface area contributed by atoms with E-state index in [9.17, 15) is 15.0 Å². The zero-order valence-electron chi connectivity index (χ0n) is 14.5. The summed E-state index contributed by atoms with van der Waals surface area (Å²) in [4.78, 5) is 23.2. The van der Waals surface area contributed by atoms with Gasteiger partial charge in [0.1, 0.15) is 11.6 Å². The predicted octanol–water partition coefficient (Wildman–Crippen LogP) is 2.56. The molecule has 3 rings (SSSR count). The first-order valence-electron chi connectivity index (χ1n) is 8.59. The minimum atomic E-state index is -0.872. The van der Waals surface area contributed by atoms with Gasteiger partial charge >= 0.3 is 0 Å². The molecule has 1 aliphatic carbocycles. The number of hydrogen-bond donors (Lipinski definition) is 2. The Kier molecular flexibility index (Phi) is 4.99. The lowest BCUT2D eigenvalue weighted by Gasteiger charge is -2.24. The van der Waals surface area contributed by atoms with E-state index in [0.717, 1.165) is 18.7 Å². The number of aryl methyl sites for hydroxylation is 1. The second kappa shape index (κ2) is 7.19. The zero-order chi connectivity index (χ0) is 18.0. The highest BCUT2D eigenvalue weighted by atomic mass is 16.3. The summed E-state index contributed by atoms with van der Waals surface area (Å²) in [6.45, 7) is 4.28. The van der Waals surface area contributed by atoms with E-state index in [1.54, 1.807) is 29.3 Å². The molecular formula is C19H23N3O3. The predicted molar refractivity (Wildman–Crippen MR) is 93.4 cm³/mol. The molecule has 6 heteroatoms. The average molecular weight is 341 g/mol. The monoisotopic (exact) mass is 341 g/mol. The number of aliphatic hydroxyl groups is 1. The molecule has 1 aromatic carbocycles. The summed E-state index contributed by atoms with van der Waals surface area (Å²) in [5, 5.41) is 19.9. The number of carbonyl (C=O) groups excluding carboxylic acids is 1. The summed E-state index contributed by atoms with van der Waals surface area (Å²) in [5.41, 5.74) is 1.71. The molecule has 0 aliphatic heterocycles. The Morgan fingerprint density at radius 1 is 1.40 bits per heavy atom. The van der Waals surface area contributed by atoms with E-state index in [2.05, 4.69) is 9.97 Å². The number of likely N-dealkylation sites (N-methyl/N-ethyl adjacent to an activating group) is 1. The molecular weight excluding hydrogens is 318 g/mol. The van der Waals surface area contributed by atoms with Gasteiger partial charge in [-0.3, -0.25) is 4.79 Å². The lowest BCUT2D eigenvalue weighted by atomic mass is 10.1. The molecule has 0 spiro atoms. The van der Waals surface area contributed by atoms with E-state index in [1.807, 2.05) is 13.8 Å². The third-order valence-electron chi connectivity index (χ3n) is 4.49. The third-order valence-corrected chi connectivity index (χ3v) is 4.49. The Balaban J connectivity index is 1.74. The van der Waals surface area contributed by atoms with Crippen LogP contribution in [0.2, 0.25) is 0 Å². The zero-order valence-corrected chi connectivity index (χ0v) is 14.5. The number of rotatable bonds is 6. The average Bonchev–Trinajstić information content (AvgIpc) is 3.44. The van der Waals surface area contributed by atoms with Gasteiger partial charge < -0.3 is 15.1 Å². The maximum absolute atomic E-state index is 12.8. The molecule has 25 heavy (non-hydrogen) atoms. The Bertz CT molecular complexity index is 774. The fourth-order valence-corrected chi connectivity index (χ4v) is 2.81. The van der Waals surface area contributed by atoms with Crippen molar-refractivity contribution in [1.82, 2.24) is 14.9 Å². The second-order valence-corrected chi connectivity index (χ2v) is 6.46. The van der Waals surface area contributed by atoms with Crippen molar-refractivity contribution < 1.29 is 15.0 Å². The topological polar surface area (TPSA) is 86.5 Å². The van der Waals surface area contributed by atoms with Crippen molar-refractivity contribution in [3.8, 4) is 5.75 Å². The van der Waals surface area contributed by atoms with Crippen LogP contribution in [0.25, 0.3) is 0 Å². The molecule has 132 valence electrons. The first-order chi connectivity index (χ1) is 12.0. The fourth-order valence-electron chi connectivity index (χ4n) is 2.81. The van der Waals surface area contributed by atoms with Gasteiger partial charge in [-0.15, -0.1) is 0 Å². The van der Waals surface area contributed by atoms with E-state index in [-0.39, 0.29) is 18.2 Å². The lowest BCUT2D eigenvalue weighted by Crippen LogP contribution is -2.35. The van der Waals surface area contributed by atoms with Gasteiger partial charge in [-0.05, 0) is 44.4 Å². The molecule has 1 saturated carbocycles. The van der Waals surface area contributed by atoms with Crippen LogP contribution in [-0.4, -0.2) is 44.1 Å². The van der Waals surface area contributed by atoms with Crippen LogP contribution in [0.1, 0.15) is 59.2 Å². The Morgan fingerprint density at radius 3 is 2.76 bits per heavy atom. The molecule has 0 bridgehead atoms. The molecule has 0 saturated heterocycles. The van der Waals surface area contributed by atoms with E-state index < -0.39 is 6.10 Å². The Labute approximate surface area is 147 Å². The van der Waals surface area contributed by atoms with Crippen molar-refractivity contribution in [2.24, 2.45) is 0 Å². The SMILES string of the molecule is CCN(C[C@H](O)c1cccc(O)c1)C(=O)c1cnc(C2CC2)nc1C. The van der Waals surface area contributed by atoms with Gasteiger partial charge in [0.05, 0.1) is 23.9 Å². The largest absolute Gasteiger partial charge is 0.508 e. The first kappa shape index (κ1) is 17.4. The Morgan fingerprint density at radius 2 is 2.16 bits per heavy atom.